The molecule has 0 aromatic carbocycles. The Morgan fingerprint density at radius 2 is 1.87 bits per heavy atom. The largest absolute Gasteiger partial charge is 0.417 e. The Morgan fingerprint density at radius 1 is 1.21 bits per heavy atom. The lowest BCUT2D eigenvalue weighted by atomic mass is 10.0. The molecule has 0 bridgehead atoms. The first kappa shape index (κ1) is 30.6. The van der Waals surface area contributed by atoms with Crippen LogP contribution in [0.25, 0.3) is 10.4 Å². The molecular weight excluding hydrogens is 552 g/mol. The lowest BCUT2D eigenvalue weighted by molar-refractivity contribution is -0.138. The predicted octanol–water partition coefficient (Wildman–Crippen LogP) is 5.10. The molecule has 3 N–H and O–H groups in total. The quantitative estimate of drug-likeness (QED) is 0.393. The SMILES string of the molecule is CC1CCCCN1C(=O)c1nc(C(=O)NCC(C)(C)O)sc1-c1cnc(NC(C)C(F)(F)F)cc1C(F)(F)F. The molecule has 0 aliphatic carbocycles. The molecule has 0 saturated carbocycles. The number of carbonyl (C=O) groups is 2. The molecule has 2 atom stereocenters. The van der Waals surface area contributed by atoms with E-state index in [-0.39, 0.29) is 28.2 Å². The summed E-state index contributed by atoms with van der Waals surface area (Å²) in [6, 6.07) is -1.96. The minimum Gasteiger partial charge on any atom is -0.389 e. The number of nitrogens with zero attached hydrogens (tertiary/aromatic N) is 3. The molecule has 3 heterocycles. The van der Waals surface area contributed by atoms with Gasteiger partial charge in [-0.1, -0.05) is 0 Å². The van der Waals surface area contributed by atoms with Crippen molar-refractivity contribution >= 4 is 29.0 Å². The molecule has 2 amide bonds. The lowest BCUT2D eigenvalue weighted by Crippen LogP contribution is -2.42. The van der Waals surface area contributed by atoms with Gasteiger partial charge in [-0.2, -0.15) is 26.3 Å². The number of piperidine rings is 1. The van der Waals surface area contributed by atoms with E-state index in [0.29, 0.717) is 36.8 Å². The number of anilines is 1. The van der Waals surface area contributed by atoms with Crippen LogP contribution in [-0.4, -0.2) is 68.7 Å². The Balaban J connectivity index is 2.13. The fourth-order valence-corrected chi connectivity index (χ4v) is 4.90. The van der Waals surface area contributed by atoms with Gasteiger partial charge >= 0.3 is 12.4 Å². The Bertz CT molecular complexity index is 1210. The number of rotatable bonds is 7. The van der Waals surface area contributed by atoms with Crippen LogP contribution in [0.1, 0.15) is 72.8 Å². The van der Waals surface area contributed by atoms with Crippen molar-refractivity contribution in [1.82, 2.24) is 20.2 Å². The van der Waals surface area contributed by atoms with Crippen molar-refractivity contribution in [2.45, 2.75) is 77.0 Å². The van der Waals surface area contributed by atoms with E-state index in [4.69, 9.17) is 0 Å². The first-order chi connectivity index (χ1) is 17.9. The monoisotopic (exact) mass is 581 g/mol. The number of carbonyl (C=O) groups excluding carboxylic acids is 2. The maximum absolute atomic E-state index is 14.2. The van der Waals surface area contributed by atoms with Crippen molar-refractivity contribution in [2.24, 2.45) is 0 Å². The Morgan fingerprint density at radius 3 is 2.44 bits per heavy atom. The van der Waals surface area contributed by atoms with E-state index < -0.39 is 52.8 Å². The third kappa shape index (κ3) is 7.59. The summed E-state index contributed by atoms with van der Waals surface area (Å²) in [6.45, 7) is 5.56. The van der Waals surface area contributed by atoms with Gasteiger partial charge in [0.25, 0.3) is 11.8 Å². The third-order valence-electron chi connectivity index (χ3n) is 6.08. The second-order valence-corrected chi connectivity index (χ2v) is 11.1. The first-order valence-corrected chi connectivity index (χ1v) is 12.9. The number of halogens is 6. The normalized spacial score (nSPS) is 17.6. The molecule has 2 aromatic rings. The predicted molar refractivity (Wildman–Crippen MR) is 132 cm³/mol. The Hall–Kier alpha value is -2.94. The van der Waals surface area contributed by atoms with Crippen LogP contribution in [-0.2, 0) is 6.18 Å². The van der Waals surface area contributed by atoms with Gasteiger partial charge < -0.3 is 20.6 Å². The zero-order valence-corrected chi connectivity index (χ0v) is 22.4. The van der Waals surface area contributed by atoms with Crippen molar-refractivity contribution < 1.29 is 41.0 Å². The molecule has 15 heteroatoms. The van der Waals surface area contributed by atoms with Gasteiger partial charge in [-0.05, 0) is 53.0 Å². The number of likely N-dealkylation sites (tertiary alicyclic amines) is 1. The molecule has 1 saturated heterocycles. The number of amides is 2. The van der Waals surface area contributed by atoms with Crippen LogP contribution in [0.5, 0.6) is 0 Å². The average molecular weight is 582 g/mol. The van der Waals surface area contributed by atoms with Crippen LogP contribution in [0, 0.1) is 0 Å². The Kier molecular flexibility index (Phi) is 8.85. The summed E-state index contributed by atoms with van der Waals surface area (Å²) in [6.07, 6.45) is -6.82. The van der Waals surface area contributed by atoms with Gasteiger partial charge in [0.2, 0.25) is 0 Å². The van der Waals surface area contributed by atoms with Crippen LogP contribution in [0.2, 0.25) is 0 Å². The van der Waals surface area contributed by atoms with E-state index in [1.165, 1.54) is 18.7 Å². The van der Waals surface area contributed by atoms with Crippen molar-refractivity contribution in [3.05, 3.63) is 28.5 Å². The van der Waals surface area contributed by atoms with Gasteiger partial charge in [0, 0.05) is 30.9 Å². The van der Waals surface area contributed by atoms with Gasteiger partial charge in [-0.3, -0.25) is 9.59 Å². The number of aliphatic hydroxyl groups is 1. The van der Waals surface area contributed by atoms with Gasteiger partial charge in [0.05, 0.1) is 16.0 Å². The van der Waals surface area contributed by atoms with Crippen molar-refractivity contribution in [3.8, 4) is 10.4 Å². The van der Waals surface area contributed by atoms with E-state index >= 15 is 0 Å². The maximum atomic E-state index is 14.2. The number of hydrogen-bond acceptors (Lipinski definition) is 7. The fraction of sp³-hybridized carbons (Fsp3) is 0.583. The molecule has 2 aromatic heterocycles. The molecule has 2 unspecified atom stereocenters. The molecule has 216 valence electrons. The van der Waals surface area contributed by atoms with E-state index in [1.807, 2.05) is 5.32 Å². The number of pyridine rings is 1. The molecule has 39 heavy (non-hydrogen) atoms. The van der Waals surface area contributed by atoms with E-state index in [2.05, 4.69) is 15.3 Å². The summed E-state index contributed by atoms with van der Waals surface area (Å²) in [7, 11) is 0. The van der Waals surface area contributed by atoms with Crippen molar-refractivity contribution in [1.29, 1.82) is 0 Å². The molecule has 1 aliphatic rings. The highest BCUT2D eigenvalue weighted by Crippen LogP contribution is 2.42. The first-order valence-electron chi connectivity index (χ1n) is 12.1. The summed E-state index contributed by atoms with van der Waals surface area (Å²) in [5.74, 6) is -2.15. The maximum Gasteiger partial charge on any atom is 0.417 e. The molecule has 0 radical (unpaired) electrons. The molecule has 0 spiro atoms. The van der Waals surface area contributed by atoms with E-state index in [1.54, 1.807) is 6.92 Å². The van der Waals surface area contributed by atoms with Crippen LogP contribution < -0.4 is 10.6 Å². The Labute approximate surface area is 224 Å². The second kappa shape index (κ2) is 11.3. The average Bonchev–Trinajstić information content (AvgIpc) is 3.26. The van der Waals surface area contributed by atoms with Gasteiger partial charge in [0.15, 0.2) is 5.01 Å². The van der Waals surface area contributed by atoms with E-state index in [0.717, 1.165) is 19.5 Å². The summed E-state index contributed by atoms with van der Waals surface area (Å²) < 4.78 is 81.4. The van der Waals surface area contributed by atoms with Crippen LogP contribution in [0.15, 0.2) is 12.3 Å². The number of aromatic nitrogens is 2. The van der Waals surface area contributed by atoms with E-state index in [9.17, 15) is 41.0 Å². The topological polar surface area (TPSA) is 107 Å². The zero-order chi connectivity index (χ0) is 29.3. The van der Waals surface area contributed by atoms with Gasteiger partial charge in [-0.25, -0.2) is 9.97 Å². The minimum absolute atomic E-state index is 0.194. The number of thiazole rings is 1. The molecule has 1 aliphatic heterocycles. The lowest BCUT2D eigenvalue weighted by Gasteiger charge is -2.33. The van der Waals surface area contributed by atoms with Crippen molar-refractivity contribution in [3.63, 3.8) is 0 Å². The number of nitrogens with one attached hydrogen (secondary N) is 2. The molecule has 8 nitrogen and oxygen atoms in total. The van der Waals surface area contributed by atoms with Gasteiger partial charge in [0.1, 0.15) is 17.6 Å². The van der Waals surface area contributed by atoms with Crippen LogP contribution >= 0.6 is 11.3 Å². The number of alkyl halides is 6. The van der Waals surface area contributed by atoms with Gasteiger partial charge in [-0.15, -0.1) is 11.3 Å². The highest BCUT2D eigenvalue weighted by molar-refractivity contribution is 7.17. The van der Waals surface area contributed by atoms with Crippen molar-refractivity contribution in [2.75, 3.05) is 18.4 Å². The van der Waals surface area contributed by atoms with Crippen LogP contribution in [0.4, 0.5) is 32.2 Å². The summed E-state index contributed by atoms with van der Waals surface area (Å²) in [5, 5.41) is 13.9. The third-order valence-corrected chi connectivity index (χ3v) is 7.17. The number of hydrogen-bond donors (Lipinski definition) is 3. The molecular formula is C24H29F6N5O3S. The minimum atomic E-state index is -5.04. The highest BCUT2D eigenvalue weighted by Gasteiger charge is 2.40. The summed E-state index contributed by atoms with van der Waals surface area (Å²) in [5.41, 5.74) is -3.62. The molecule has 3 rings (SSSR count). The second-order valence-electron chi connectivity index (χ2n) is 10.1. The smallest absolute Gasteiger partial charge is 0.389 e. The summed E-state index contributed by atoms with van der Waals surface area (Å²) >= 11 is 0.526. The zero-order valence-electron chi connectivity index (χ0n) is 21.6. The highest BCUT2D eigenvalue weighted by atomic mass is 32.1. The van der Waals surface area contributed by atoms with Crippen LogP contribution in [0.3, 0.4) is 0 Å². The summed E-state index contributed by atoms with van der Waals surface area (Å²) in [4.78, 5) is 35.3. The fourth-order valence-electron chi connectivity index (χ4n) is 3.91. The molecule has 1 fully saturated rings. The standard InChI is InChI=1S/C24H29F6N5O3S/c1-12-7-5-6-8-35(12)21(37)17-18(39-20(34-17)19(36)32-11-22(3,4)38)14-10-31-16(9-15(14)24(28,29)30)33-13(2)23(25,26)27/h9-10,12-13,38H,5-8,11H2,1-4H3,(H,31,33)(H,32,36).